The first-order chi connectivity index (χ1) is 7.93. The minimum Gasteiger partial charge on any atom is -0.315 e. The Kier molecular flexibility index (Phi) is 2.94. The molecule has 0 amide bonds. The Labute approximate surface area is 97.4 Å². The lowest BCUT2D eigenvalue weighted by molar-refractivity contribution is 0.386. The van der Waals surface area contributed by atoms with E-state index in [-0.39, 0.29) is 0 Å². The van der Waals surface area contributed by atoms with E-state index < -0.39 is 0 Å². The van der Waals surface area contributed by atoms with Crippen LogP contribution in [-0.4, -0.2) is 25.2 Å². The van der Waals surface area contributed by atoms with Crippen molar-refractivity contribution in [1.29, 1.82) is 0 Å². The SMILES string of the molecule is c1ccc([C@@H]2C[C@H]2N[C@H]2CCCNC2)cc1. The van der Waals surface area contributed by atoms with Gasteiger partial charge in [-0.3, -0.25) is 0 Å². The molecule has 3 rings (SSSR count). The summed E-state index contributed by atoms with van der Waals surface area (Å²) >= 11 is 0. The third-order valence-corrected chi connectivity index (χ3v) is 3.76. The van der Waals surface area contributed by atoms with E-state index in [4.69, 9.17) is 0 Å². The highest BCUT2D eigenvalue weighted by molar-refractivity contribution is 5.27. The predicted octanol–water partition coefficient (Wildman–Crippen LogP) is 1.88. The zero-order valence-corrected chi connectivity index (χ0v) is 9.65. The molecule has 86 valence electrons. The van der Waals surface area contributed by atoms with Gasteiger partial charge in [-0.2, -0.15) is 0 Å². The summed E-state index contributed by atoms with van der Waals surface area (Å²) in [4.78, 5) is 0. The van der Waals surface area contributed by atoms with E-state index >= 15 is 0 Å². The topological polar surface area (TPSA) is 24.1 Å². The van der Waals surface area contributed by atoms with Crippen molar-refractivity contribution in [2.75, 3.05) is 13.1 Å². The molecule has 1 aromatic carbocycles. The average molecular weight is 216 g/mol. The van der Waals surface area contributed by atoms with Crippen LogP contribution in [-0.2, 0) is 0 Å². The van der Waals surface area contributed by atoms with E-state index in [2.05, 4.69) is 41.0 Å². The Morgan fingerprint density at radius 2 is 2.06 bits per heavy atom. The maximum atomic E-state index is 3.78. The highest BCUT2D eigenvalue weighted by Crippen LogP contribution is 2.41. The monoisotopic (exact) mass is 216 g/mol. The van der Waals surface area contributed by atoms with Crippen LogP contribution < -0.4 is 10.6 Å². The smallest absolute Gasteiger partial charge is 0.0195 e. The molecule has 2 N–H and O–H groups in total. The summed E-state index contributed by atoms with van der Waals surface area (Å²) < 4.78 is 0. The van der Waals surface area contributed by atoms with Crippen LogP contribution in [0.3, 0.4) is 0 Å². The van der Waals surface area contributed by atoms with Gasteiger partial charge in [0.05, 0.1) is 0 Å². The lowest BCUT2D eigenvalue weighted by atomic mass is 10.1. The molecule has 2 fully saturated rings. The Hall–Kier alpha value is -0.860. The average Bonchev–Trinajstić information content (AvgIpc) is 3.11. The van der Waals surface area contributed by atoms with Gasteiger partial charge in [-0.15, -0.1) is 0 Å². The summed E-state index contributed by atoms with van der Waals surface area (Å²) in [7, 11) is 0. The van der Waals surface area contributed by atoms with E-state index in [1.165, 1.54) is 31.4 Å². The van der Waals surface area contributed by atoms with E-state index in [1.807, 2.05) is 0 Å². The van der Waals surface area contributed by atoms with Crippen molar-refractivity contribution >= 4 is 0 Å². The van der Waals surface area contributed by atoms with Gasteiger partial charge < -0.3 is 10.6 Å². The lowest BCUT2D eigenvalue weighted by Gasteiger charge is -2.24. The van der Waals surface area contributed by atoms with Gasteiger partial charge in [-0.25, -0.2) is 0 Å². The van der Waals surface area contributed by atoms with Crippen molar-refractivity contribution in [2.24, 2.45) is 0 Å². The van der Waals surface area contributed by atoms with E-state index in [1.54, 1.807) is 0 Å². The molecule has 1 saturated carbocycles. The first-order valence-electron chi connectivity index (χ1n) is 6.45. The Morgan fingerprint density at radius 1 is 1.19 bits per heavy atom. The van der Waals surface area contributed by atoms with Gasteiger partial charge >= 0.3 is 0 Å². The summed E-state index contributed by atoms with van der Waals surface area (Å²) in [5, 5.41) is 7.24. The van der Waals surface area contributed by atoms with Crippen molar-refractivity contribution in [3.05, 3.63) is 35.9 Å². The van der Waals surface area contributed by atoms with Crippen molar-refractivity contribution in [2.45, 2.75) is 37.3 Å². The molecule has 2 nitrogen and oxygen atoms in total. The molecule has 1 aromatic rings. The van der Waals surface area contributed by atoms with Crippen LogP contribution in [0.5, 0.6) is 0 Å². The second-order valence-electron chi connectivity index (χ2n) is 5.07. The number of hydrogen-bond acceptors (Lipinski definition) is 2. The van der Waals surface area contributed by atoms with Gasteiger partial charge in [0.25, 0.3) is 0 Å². The summed E-state index contributed by atoms with van der Waals surface area (Å²) in [6.07, 6.45) is 3.98. The number of rotatable bonds is 3. The molecule has 3 atom stereocenters. The minimum atomic E-state index is 0.701. The van der Waals surface area contributed by atoms with Gasteiger partial charge in [-0.05, 0) is 31.4 Å². The molecule has 1 heterocycles. The number of piperidine rings is 1. The molecule has 16 heavy (non-hydrogen) atoms. The van der Waals surface area contributed by atoms with Crippen LogP contribution in [0.25, 0.3) is 0 Å². The molecule has 2 heteroatoms. The fraction of sp³-hybridized carbons (Fsp3) is 0.571. The van der Waals surface area contributed by atoms with Crippen LogP contribution in [0.1, 0.15) is 30.7 Å². The molecule has 1 aliphatic heterocycles. The van der Waals surface area contributed by atoms with Crippen LogP contribution in [0.15, 0.2) is 30.3 Å². The first kappa shape index (κ1) is 10.3. The molecule has 1 aliphatic carbocycles. The molecular weight excluding hydrogens is 196 g/mol. The molecule has 0 spiro atoms. The van der Waals surface area contributed by atoms with Gasteiger partial charge in [0.2, 0.25) is 0 Å². The molecule has 1 saturated heterocycles. The molecule has 0 unspecified atom stereocenters. The Morgan fingerprint density at radius 3 is 2.81 bits per heavy atom. The first-order valence-corrected chi connectivity index (χ1v) is 6.45. The quantitative estimate of drug-likeness (QED) is 0.806. The van der Waals surface area contributed by atoms with Crippen molar-refractivity contribution in [3.63, 3.8) is 0 Å². The van der Waals surface area contributed by atoms with Gasteiger partial charge in [0.15, 0.2) is 0 Å². The normalized spacial score (nSPS) is 33.6. The molecule has 0 aromatic heterocycles. The predicted molar refractivity (Wildman–Crippen MR) is 66.6 cm³/mol. The largest absolute Gasteiger partial charge is 0.315 e. The summed E-state index contributed by atoms with van der Waals surface area (Å²) in [5.74, 6) is 0.767. The summed E-state index contributed by atoms with van der Waals surface area (Å²) in [5.41, 5.74) is 1.50. The minimum absolute atomic E-state index is 0.701. The van der Waals surface area contributed by atoms with E-state index in [9.17, 15) is 0 Å². The van der Waals surface area contributed by atoms with Gasteiger partial charge in [0.1, 0.15) is 0 Å². The Bertz CT molecular complexity index is 330. The maximum absolute atomic E-state index is 3.78. The molecular formula is C14H20N2. The summed E-state index contributed by atoms with van der Waals surface area (Å²) in [6.45, 7) is 2.35. The zero-order chi connectivity index (χ0) is 10.8. The van der Waals surface area contributed by atoms with Crippen molar-refractivity contribution in [3.8, 4) is 0 Å². The zero-order valence-electron chi connectivity index (χ0n) is 9.65. The highest BCUT2D eigenvalue weighted by atomic mass is 15.1. The molecule has 2 aliphatic rings. The standard InChI is InChI=1S/C14H20N2/c1-2-5-11(6-3-1)13-9-14(13)16-12-7-4-8-15-10-12/h1-3,5-6,12-16H,4,7-10H2/t12-,13-,14+/m0/s1. The van der Waals surface area contributed by atoms with E-state index in [0.29, 0.717) is 6.04 Å². The van der Waals surface area contributed by atoms with Crippen LogP contribution in [0, 0.1) is 0 Å². The second kappa shape index (κ2) is 4.56. The number of hydrogen-bond donors (Lipinski definition) is 2. The summed E-state index contributed by atoms with van der Waals surface area (Å²) in [6, 6.07) is 12.3. The van der Waals surface area contributed by atoms with Crippen molar-refractivity contribution in [1.82, 2.24) is 10.6 Å². The molecule has 0 radical (unpaired) electrons. The third kappa shape index (κ3) is 2.28. The number of benzene rings is 1. The molecule has 0 bridgehead atoms. The fourth-order valence-electron chi connectivity index (χ4n) is 2.74. The lowest BCUT2D eigenvalue weighted by Crippen LogP contribution is -2.44. The highest BCUT2D eigenvalue weighted by Gasteiger charge is 2.39. The third-order valence-electron chi connectivity index (χ3n) is 3.76. The van der Waals surface area contributed by atoms with Crippen LogP contribution in [0.2, 0.25) is 0 Å². The van der Waals surface area contributed by atoms with Gasteiger partial charge in [-0.1, -0.05) is 30.3 Å². The van der Waals surface area contributed by atoms with Crippen LogP contribution >= 0.6 is 0 Å². The van der Waals surface area contributed by atoms with Crippen LogP contribution in [0.4, 0.5) is 0 Å². The fourth-order valence-corrected chi connectivity index (χ4v) is 2.74. The number of nitrogens with one attached hydrogen (secondary N) is 2. The second-order valence-corrected chi connectivity index (χ2v) is 5.07. The Balaban J connectivity index is 1.52. The van der Waals surface area contributed by atoms with Gasteiger partial charge in [0, 0.05) is 24.5 Å². The van der Waals surface area contributed by atoms with E-state index in [0.717, 1.165) is 18.5 Å². The maximum Gasteiger partial charge on any atom is 0.0195 e. The van der Waals surface area contributed by atoms with Crippen molar-refractivity contribution < 1.29 is 0 Å².